The van der Waals surface area contributed by atoms with Gasteiger partial charge in [0, 0.05) is 44.6 Å². The molecule has 0 aromatic carbocycles. The first kappa shape index (κ1) is 17.1. The second-order valence-electron chi connectivity index (χ2n) is 5.33. The van der Waals surface area contributed by atoms with Gasteiger partial charge in [-0.15, -0.1) is 0 Å². The predicted molar refractivity (Wildman–Crippen MR) is 87.7 cm³/mol. The molecule has 0 radical (unpaired) electrons. The van der Waals surface area contributed by atoms with E-state index in [1.54, 1.807) is 24.1 Å². The van der Waals surface area contributed by atoms with Crippen LogP contribution in [0.15, 0.2) is 18.3 Å². The monoisotopic (exact) mass is 320 g/mol. The van der Waals surface area contributed by atoms with Crippen LogP contribution < -0.4 is 10.2 Å². The number of nitrogens with one attached hydrogen (secondary N) is 1. The average Bonchev–Trinajstić information content (AvgIpc) is 2.60. The number of carbonyl (C=O) groups excluding carboxylic acids is 2. The highest BCUT2D eigenvalue weighted by Crippen LogP contribution is 2.17. The molecule has 1 N–H and O–H groups in total. The molecule has 0 saturated carbocycles. The topological polar surface area (TPSA) is 74.8 Å². The highest BCUT2D eigenvalue weighted by molar-refractivity contribution is 5.93. The Morgan fingerprint density at radius 3 is 2.65 bits per heavy atom. The third kappa shape index (κ3) is 4.58. The molecule has 1 fully saturated rings. The number of pyridine rings is 1. The number of nitrogens with zero attached hydrogens (tertiary/aromatic N) is 3. The van der Waals surface area contributed by atoms with Crippen molar-refractivity contribution in [2.24, 2.45) is 0 Å². The van der Waals surface area contributed by atoms with Gasteiger partial charge in [-0.25, -0.2) is 4.79 Å². The van der Waals surface area contributed by atoms with Gasteiger partial charge in [0.2, 0.25) is 0 Å². The van der Waals surface area contributed by atoms with E-state index in [-0.39, 0.29) is 12.0 Å². The van der Waals surface area contributed by atoms with Crippen molar-refractivity contribution in [1.82, 2.24) is 15.2 Å². The molecule has 1 saturated heterocycles. The lowest BCUT2D eigenvalue weighted by Gasteiger charge is -2.35. The van der Waals surface area contributed by atoms with E-state index < -0.39 is 0 Å². The Hall–Kier alpha value is -2.31. The smallest absolute Gasteiger partial charge is 0.409 e. The third-order valence-corrected chi connectivity index (χ3v) is 3.68. The summed E-state index contributed by atoms with van der Waals surface area (Å²) in [6.45, 7) is 7.47. The van der Waals surface area contributed by atoms with Crippen molar-refractivity contribution >= 4 is 17.7 Å². The Balaban J connectivity index is 1.95. The van der Waals surface area contributed by atoms with E-state index >= 15 is 0 Å². The Bertz CT molecular complexity index is 542. The molecule has 0 bridgehead atoms. The van der Waals surface area contributed by atoms with Gasteiger partial charge in [-0.3, -0.25) is 9.78 Å². The quantitative estimate of drug-likeness (QED) is 0.890. The van der Waals surface area contributed by atoms with Crippen LogP contribution in [0.25, 0.3) is 0 Å². The lowest BCUT2D eigenvalue weighted by Crippen LogP contribution is -2.49. The molecule has 1 aromatic heterocycles. The van der Waals surface area contributed by atoms with Crippen molar-refractivity contribution in [2.75, 3.05) is 44.2 Å². The van der Waals surface area contributed by atoms with Crippen LogP contribution in [0.1, 0.15) is 30.8 Å². The Kier molecular flexibility index (Phi) is 6.19. The molecule has 2 heterocycles. The number of piperazine rings is 1. The number of hydrogen-bond acceptors (Lipinski definition) is 5. The van der Waals surface area contributed by atoms with Crippen LogP contribution in [0, 0.1) is 0 Å². The minimum atomic E-state index is -0.262. The first-order chi connectivity index (χ1) is 11.2. The molecule has 0 unspecified atom stereocenters. The van der Waals surface area contributed by atoms with Gasteiger partial charge in [0.1, 0.15) is 5.69 Å². The summed E-state index contributed by atoms with van der Waals surface area (Å²) in [4.78, 5) is 31.7. The molecule has 7 heteroatoms. The van der Waals surface area contributed by atoms with Crippen LogP contribution >= 0.6 is 0 Å². The number of amides is 2. The summed E-state index contributed by atoms with van der Waals surface area (Å²) in [6.07, 6.45) is 2.27. The highest BCUT2D eigenvalue weighted by Gasteiger charge is 2.22. The van der Waals surface area contributed by atoms with E-state index in [0.29, 0.717) is 45.0 Å². The fourth-order valence-electron chi connectivity index (χ4n) is 2.43. The van der Waals surface area contributed by atoms with Gasteiger partial charge in [0.05, 0.1) is 6.61 Å². The Labute approximate surface area is 136 Å². The van der Waals surface area contributed by atoms with Crippen LogP contribution in [0.5, 0.6) is 0 Å². The maximum Gasteiger partial charge on any atom is 0.409 e. The van der Waals surface area contributed by atoms with Crippen LogP contribution in [-0.4, -0.2) is 61.2 Å². The summed E-state index contributed by atoms with van der Waals surface area (Å²) in [5.74, 6) is -0.154. The molecule has 1 aliphatic rings. The average molecular weight is 320 g/mol. The van der Waals surface area contributed by atoms with E-state index in [1.165, 1.54) is 0 Å². The lowest BCUT2D eigenvalue weighted by atomic mass is 10.2. The maximum atomic E-state index is 12.0. The molecule has 126 valence electrons. The Morgan fingerprint density at radius 1 is 1.26 bits per heavy atom. The number of rotatable bonds is 5. The zero-order valence-electron chi connectivity index (χ0n) is 13.7. The Morgan fingerprint density at radius 2 is 2.00 bits per heavy atom. The maximum absolute atomic E-state index is 12.0. The second-order valence-corrected chi connectivity index (χ2v) is 5.33. The summed E-state index contributed by atoms with van der Waals surface area (Å²) < 4.78 is 5.02. The van der Waals surface area contributed by atoms with Crippen LogP contribution in [0.3, 0.4) is 0 Å². The molecule has 1 aromatic rings. The van der Waals surface area contributed by atoms with E-state index in [0.717, 1.165) is 12.1 Å². The van der Waals surface area contributed by atoms with Gasteiger partial charge in [-0.05, 0) is 25.5 Å². The van der Waals surface area contributed by atoms with Gasteiger partial charge >= 0.3 is 6.09 Å². The van der Waals surface area contributed by atoms with Gasteiger partial charge < -0.3 is 19.9 Å². The minimum absolute atomic E-state index is 0.154. The van der Waals surface area contributed by atoms with Crippen molar-refractivity contribution in [3.8, 4) is 0 Å². The van der Waals surface area contributed by atoms with Gasteiger partial charge in [-0.1, -0.05) is 6.92 Å². The second kappa shape index (κ2) is 8.36. The molecule has 0 atom stereocenters. The zero-order chi connectivity index (χ0) is 16.7. The molecule has 7 nitrogen and oxygen atoms in total. The van der Waals surface area contributed by atoms with Gasteiger partial charge in [0.15, 0.2) is 0 Å². The van der Waals surface area contributed by atoms with Crippen LogP contribution in [0.2, 0.25) is 0 Å². The first-order valence-corrected chi connectivity index (χ1v) is 8.06. The van der Waals surface area contributed by atoms with Crippen molar-refractivity contribution in [3.63, 3.8) is 0 Å². The van der Waals surface area contributed by atoms with Crippen LogP contribution in [0.4, 0.5) is 10.5 Å². The lowest BCUT2D eigenvalue weighted by molar-refractivity contribution is 0.0948. The fraction of sp³-hybridized carbons (Fsp3) is 0.562. The molecule has 0 aliphatic carbocycles. The molecule has 2 rings (SSSR count). The molecular formula is C16H24N4O3. The van der Waals surface area contributed by atoms with Crippen LogP contribution in [-0.2, 0) is 4.74 Å². The zero-order valence-corrected chi connectivity index (χ0v) is 13.7. The van der Waals surface area contributed by atoms with E-state index in [9.17, 15) is 9.59 Å². The SMILES string of the molecule is CCCNC(=O)c1cc(N2CCN(C(=O)OCC)CC2)ccn1. The molecule has 2 amide bonds. The summed E-state index contributed by atoms with van der Waals surface area (Å²) in [7, 11) is 0. The molecule has 1 aliphatic heterocycles. The standard InChI is InChI=1S/C16H24N4O3/c1-3-6-18-15(21)14-12-13(5-7-17-14)19-8-10-20(11-9-19)16(22)23-4-2/h5,7,12H,3-4,6,8-11H2,1-2H3,(H,18,21). The molecular weight excluding hydrogens is 296 g/mol. The number of carbonyl (C=O) groups is 2. The van der Waals surface area contributed by atoms with Crippen molar-refractivity contribution < 1.29 is 14.3 Å². The summed E-state index contributed by atoms with van der Waals surface area (Å²) in [6, 6.07) is 3.68. The number of anilines is 1. The van der Waals surface area contributed by atoms with E-state index in [2.05, 4.69) is 15.2 Å². The van der Waals surface area contributed by atoms with Crippen molar-refractivity contribution in [1.29, 1.82) is 0 Å². The van der Waals surface area contributed by atoms with Crippen molar-refractivity contribution in [3.05, 3.63) is 24.0 Å². The summed E-state index contributed by atoms with van der Waals surface area (Å²) in [5.41, 5.74) is 1.37. The minimum Gasteiger partial charge on any atom is -0.450 e. The highest BCUT2D eigenvalue weighted by atomic mass is 16.6. The predicted octanol–water partition coefficient (Wildman–Crippen LogP) is 1.50. The number of ether oxygens (including phenoxy) is 1. The largest absolute Gasteiger partial charge is 0.450 e. The van der Waals surface area contributed by atoms with Crippen molar-refractivity contribution in [2.45, 2.75) is 20.3 Å². The van der Waals surface area contributed by atoms with E-state index in [1.807, 2.05) is 13.0 Å². The summed E-state index contributed by atoms with van der Waals surface area (Å²) >= 11 is 0. The molecule has 23 heavy (non-hydrogen) atoms. The van der Waals surface area contributed by atoms with Gasteiger partial charge in [0.25, 0.3) is 5.91 Å². The van der Waals surface area contributed by atoms with Gasteiger partial charge in [-0.2, -0.15) is 0 Å². The normalized spacial score (nSPS) is 14.5. The third-order valence-electron chi connectivity index (χ3n) is 3.68. The molecule has 0 spiro atoms. The number of hydrogen-bond donors (Lipinski definition) is 1. The van der Waals surface area contributed by atoms with E-state index in [4.69, 9.17) is 4.74 Å². The summed E-state index contributed by atoms with van der Waals surface area (Å²) in [5, 5.41) is 2.83. The number of aromatic nitrogens is 1. The fourth-order valence-corrected chi connectivity index (χ4v) is 2.43. The first-order valence-electron chi connectivity index (χ1n) is 8.06.